The quantitative estimate of drug-likeness (QED) is 0.709. The van der Waals surface area contributed by atoms with Crippen LogP contribution in [-0.4, -0.2) is 46.0 Å². The van der Waals surface area contributed by atoms with Gasteiger partial charge in [0.15, 0.2) is 5.65 Å². The maximum absolute atomic E-state index is 13.1. The lowest BCUT2D eigenvalue weighted by molar-refractivity contribution is 0.0754. The summed E-state index contributed by atoms with van der Waals surface area (Å²) >= 11 is 0. The molecule has 0 atom stereocenters. The minimum absolute atomic E-state index is 0.0447. The van der Waals surface area contributed by atoms with E-state index in [-0.39, 0.29) is 5.91 Å². The van der Waals surface area contributed by atoms with Crippen molar-refractivity contribution in [2.24, 2.45) is 0 Å². The highest BCUT2D eigenvalue weighted by Gasteiger charge is 2.20. The third-order valence-corrected chi connectivity index (χ3v) is 4.50. The maximum Gasteiger partial charge on any atom is 0.259 e. The molecule has 6 nitrogen and oxygen atoms in total. The number of anilines is 1. The predicted octanol–water partition coefficient (Wildman–Crippen LogP) is 3.07. The van der Waals surface area contributed by atoms with Crippen LogP contribution in [0.1, 0.15) is 34.2 Å². The first kappa shape index (κ1) is 17.9. The van der Waals surface area contributed by atoms with Crippen LogP contribution in [0, 0.1) is 13.8 Å². The summed E-state index contributed by atoms with van der Waals surface area (Å²) in [6.45, 7) is 7.06. The van der Waals surface area contributed by atoms with Crippen LogP contribution in [0.15, 0.2) is 36.5 Å². The molecule has 26 heavy (non-hydrogen) atoms. The van der Waals surface area contributed by atoms with Gasteiger partial charge in [-0.1, -0.05) is 12.1 Å². The number of nitrogens with zero attached hydrogens (tertiary/aromatic N) is 5. The van der Waals surface area contributed by atoms with Crippen molar-refractivity contribution in [1.82, 2.24) is 19.5 Å². The van der Waals surface area contributed by atoms with Crippen molar-refractivity contribution in [2.75, 3.05) is 25.5 Å². The Morgan fingerprint density at radius 2 is 1.85 bits per heavy atom. The number of amides is 1. The van der Waals surface area contributed by atoms with E-state index in [2.05, 4.69) is 39.2 Å². The third-order valence-electron chi connectivity index (χ3n) is 4.50. The zero-order valence-electron chi connectivity index (χ0n) is 16.0. The molecule has 0 aliphatic rings. The summed E-state index contributed by atoms with van der Waals surface area (Å²) < 4.78 is 1.72. The van der Waals surface area contributed by atoms with Crippen molar-refractivity contribution in [2.45, 2.75) is 27.3 Å². The van der Waals surface area contributed by atoms with Gasteiger partial charge in [0.2, 0.25) is 0 Å². The second kappa shape index (κ2) is 7.15. The lowest BCUT2D eigenvalue weighted by Gasteiger charge is -2.21. The van der Waals surface area contributed by atoms with Gasteiger partial charge in [0.05, 0.1) is 6.20 Å². The van der Waals surface area contributed by atoms with Crippen molar-refractivity contribution in [1.29, 1.82) is 0 Å². The van der Waals surface area contributed by atoms with Crippen LogP contribution in [0.5, 0.6) is 0 Å². The van der Waals surface area contributed by atoms with E-state index in [1.54, 1.807) is 10.7 Å². The van der Waals surface area contributed by atoms with Gasteiger partial charge in [-0.25, -0.2) is 9.50 Å². The molecule has 6 heteroatoms. The van der Waals surface area contributed by atoms with Crippen LogP contribution >= 0.6 is 0 Å². The fourth-order valence-electron chi connectivity index (χ4n) is 3.04. The highest BCUT2D eigenvalue weighted by atomic mass is 16.2. The predicted molar refractivity (Wildman–Crippen MR) is 104 cm³/mol. The number of aryl methyl sites for hydroxylation is 2. The summed E-state index contributed by atoms with van der Waals surface area (Å²) in [5.41, 5.74) is 5.25. The highest BCUT2D eigenvalue weighted by Crippen LogP contribution is 2.17. The molecule has 0 bridgehead atoms. The molecule has 0 saturated carbocycles. The Morgan fingerprint density at radius 1 is 1.15 bits per heavy atom. The molecular formula is C20H25N5O. The summed E-state index contributed by atoms with van der Waals surface area (Å²) in [6, 6.07) is 10.2. The van der Waals surface area contributed by atoms with Gasteiger partial charge in [0.25, 0.3) is 5.91 Å². The number of aromatic nitrogens is 3. The molecule has 0 fully saturated rings. The number of hydrogen-bond donors (Lipinski definition) is 0. The molecular weight excluding hydrogens is 326 g/mol. The van der Waals surface area contributed by atoms with Gasteiger partial charge in [-0.15, -0.1) is 0 Å². The van der Waals surface area contributed by atoms with Gasteiger partial charge >= 0.3 is 0 Å². The van der Waals surface area contributed by atoms with Gasteiger partial charge < -0.3 is 9.80 Å². The Morgan fingerprint density at radius 3 is 2.46 bits per heavy atom. The number of benzene rings is 1. The van der Waals surface area contributed by atoms with E-state index < -0.39 is 0 Å². The van der Waals surface area contributed by atoms with Crippen LogP contribution in [0.3, 0.4) is 0 Å². The zero-order chi connectivity index (χ0) is 18.8. The summed E-state index contributed by atoms with van der Waals surface area (Å²) in [6.07, 6.45) is 1.62. The molecule has 136 valence electrons. The Hall–Kier alpha value is -2.89. The van der Waals surface area contributed by atoms with Crippen molar-refractivity contribution in [3.8, 4) is 0 Å². The molecule has 1 amide bonds. The molecule has 0 saturated heterocycles. The molecule has 3 rings (SSSR count). The van der Waals surface area contributed by atoms with Crippen LogP contribution in [0.2, 0.25) is 0 Å². The molecule has 2 aromatic heterocycles. The maximum atomic E-state index is 13.1. The van der Waals surface area contributed by atoms with Crippen LogP contribution in [0.25, 0.3) is 5.65 Å². The van der Waals surface area contributed by atoms with Gasteiger partial charge in [-0.05, 0) is 44.5 Å². The van der Waals surface area contributed by atoms with E-state index in [1.165, 1.54) is 0 Å². The number of carbonyl (C=O) groups excluding carboxylic acids is 1. The molecule has 1 aromatic carbocycles. The lowest BCUT2D eigenvalue weighted by Crippen LogP contribution is -2.30. The largest absolute Gasteiger partial charge is 0.378 e. The SMILES string of the molecule is CCN(Cc1ccc(N(C)C)cc1)C(=O)c1cnn2c(C)cc(C)nc12. The summed E-state index contributed by atoms with van der Waals surface area (Å²) in [5, 5.41) is 4.34. The fourth-order valence-corrected chi connectivity index (χ4v) is 3.04. The Kier molecular flexibility index (Phi) is 4.93. The topological polar surface area (TPSA) is 53.7 Å². The van der Waals surface area contributed by atoms with E-state index in [9.17, 15) is 4.79 Å². The molecule has 0 N–H and O–H groups in total. The first-order valence-electron chi connectivity index (χ1n) is 8.78. The first-order valence-corrected chi connectivity index (χ1v) is 8.78. The minimum Gasteiger partial charge on any atom is -0.378 e. The van der Waals surface area contributed by atoms with Crippen LogP contribution < -0.4 is 4.90 Å². The van der Waals surface area contributed by atoms with Crippen molar-refractivity contribution >= 4 is 17.2 Å². The number of hydrogen-bond acceptors (Lipinski definition) is 4. The summed E-state index contributed by atoms with van der Waals surface area (Å²) in [7, 11) is 4.03. The van der Waals surface area contributed by atoms with Gasteiger partial charge in [-0.2, -0.15) is 5.10 Å². The molecule has 0 spiro atoms. The summed E-state index contributed by atoms with van der Waals surface area (Å²) in [4.78, 5) is 21.5. The first-order chi connectivity index (χ1) is 12.4. The van der Waals surface area contributed by atoms with Crippen LogP contribution in [0.4, 0.5) is 5.69 Å². The monoisotopic (exact) mass is 351 g/mol. The number of rotatable bonds is 5. The van der Waals surface area contributed by atoms with Crippen LogP contribution in [-0.2, 0) is 6.54 Å². The second-order valence-electron chi connectivity index (χ2n) is 6.71. The Balaban J connectivity index is 1.87. The molecule has 2 heterocycles. The van der Waals surface area contributed by atoms with E-state index in [1.807, 2.05) is 45.8 Å². The van der Waals surface area contributed by atoms with Gasteiger partial charge in [-0.3, -0.25) is 4.79 Å². The van der Waals surface area contributed by atoms with Crippen molar-refractivity contribution < 1.29 is 4.79 Å². The molecule has 0 unspecified atom stereocenters. The normalized spacial score (nSPS) is 11.0. The lowest BCUT2D eigenvalue weighted by atomic mass is 10.1. The average molecular weight is 351 g/mol. The zero-order valence-corrected chi connectivity index (χ0v) is 16.0. The molecule has 0 aliphatic carbocycles. The smallest absolute Gasteiger partial charge is 0.259 e. The fraction of sp³-hybridized carbons (Fsp3) is 0.350. The Bertz CT molecular complexity index is 927. The second-order valence-corrected chi connectivity index (χ2v) is 6.71. The van der Waals surface area contributed by atoms with E-state index in [0.717, 1.165) is 22.6 Å². The third kappa shape index (κ3) is 3.40. The molecule has 0 radical (unpaired) electrons. The van der Waals surface area contributed by atoms with E-state index in [4.69, 9.17) is 0 Å². The standard InChI is InChI=1S/C20H25N5O/c1-6-24(13-16-7-9-17(10-8-16)23(4)5)20(26)18-12-21-25-15(3)11-14(2)22-19(18)25/h7-12H,6,13H2,1-5H3. The molecule has 3 aromatic rings. The van der Waals surface area contributed by atoms with Crippen molar-refractivity contribution in [3.05, 3.63) is 59.0 Å². The number of fused-ring (bicyclic) bond motifs is 1. The van der Waals surface area contributed by atoms with Gasteiger partial charge in [0.1, 0.15) is 5.56 Å². The van der Waals surface area contributed by atoms with E-state index >= 15 is 0 Å². The van der Waals surface area contributed by atoms with Gasteiger partial charge in [0, 0.05) is 44.3 Å². The minimum atomic E-state index is -0.0447. The summed E-state index contributed by atoms with van der Waals surface area (Å²) in [5.74, 6) is -0.0447. The average Bonchev–Trinajstić information content (AvgIpc) is 3.03. The van der Waals surface area contributed by atoms with Crippen molar-refractivity contribution in [3.63, 3.8) is 0 Å². The highest BCUT2D eigenvalue weighted by molar-refractivity contribution is 5.99. The number of carbonyl (C=O) groups is 1. The Labute approximate surface area is 154 Å². The van der Waals surface area contributed by atoms with E-state index in [0.29, 0.717) is 24.3 Å². The molecule has 0 aliphatic heterocycles.